The van der Waals surface area contributed by atoms with Crippen LogP contribution < -0.4 is 0 Å². The van der Waals surface area contributed by atoms with Gasteiger partial charge in [0.05, 0.1) is 5.75 Å². The van der Waals surface area contributed by atoms with Crippen LogP contribution in [-0.4, -0.2) is 32.5 Å². The van der Waals surface area contributed by atoms with Gasteiger partial charge in [-0.25, -0.2) is 0 Å². The lowest BCUT2D eigenvalue weighted by Gasteiger charge is -2.16. The van der Waals surface area contributed by atoms with E-state index < -0.39 is 0 Å². The molecule has 0 radical (unpaired) electrons. The van der Waals surface area contributed by atoms with Gasteiger partial charge in [0.2, 0.25) is 11.8 Å². The average molecular weight is 243 g/mol. The van der Waals surface area contributed by atoms with Crippen LogP contribution in [0.25, 0.3) is 0 Å². The Morgan fingerprint density at radius 3 is 2.80 bits per heavy atom. The van der Waals surface area contributed by atoms with E-state index in [9.17, 15) is 0 Å². The SMILES string of the molecule is Cc1nnc(CSC(=S)N2CCCC2)o1. The van der Waals surface area contributed by atoms with Gasteiger partial charge in [-0.05, 0) is 12.8 Å². The van der Waals surface area contributed by atoms with Gasteiger partial charge in [0.25, 0.3) is 0 Å². The molecule has 0 N–H and O–H groups in total. The maximum Gasteiger partial charge on any atom is 0.226 e. The van der Waals surface area contributed by atoms with Crippen LogP contribution in [0.2, 0.25) is 0 Å². The first-order valence-electron chi connectivity index (χ1n) is 4.96. The third-order valence-corrected chi connectivity index (χ3v) is 3.76. The van der Waals surface area contributed by atoms with E-state index in [1.807, 2.05) is 0 Å². The van der Waals surface area contributed by atoms with Crippen molar-refractivity contribution in [3.63, 3.8) is 0 Å². The van der Waals surface area contributed by atoms with Crippen molar-refractivity contribution in [3.8, 4) is 0 Å². The molecule has 2 rings (SSSR count). The molecule has 0 amide bonds. The van der Waals surface area contributed by atoms with Crippen molar-refractivity contribution in [2.45, 2.75) is 25.5 Å². The molecule has 1 fully saturated rings. The first-order chi connectivity index (χ1) is 7.25. The lowest BCUT2D eigenvalue weighted by Crippen LogP contribution is -2.23. The molecule has 0 aromatic carbocycles. The summed E-state index contributed by atoms with van der Waals surface area (Å²) in [6.07, 6.45) is 2.50. The summed E-state index contributed by atoms with van der Waals surface area (Å²) in [5, 5.41) is 7.70. The van der Waals surface area contributed by atoms with E-state index in [0.717, 1.165) is 17.4 Å². The summed E-state index contributed by atoms with van der Waals surface area (Å²) in [5.41, 5.74) is 0. The highest BCUT2D eigenvalue weighted by molar-refractivity contribution is 8.22. The molecule has 0 bridgehead atoms. The Bertz CT molecular complexity index is 347. The maximum absolute atomic E-state index is 5.32. The number of nitrogens with zero attached hydrogens (tertiary/aromatic N) is 3. The zero-order valence-electron chi connectivity index (χ0n) is 8.60. The van der Waals surface area contributed by atoms with Crippen molar-refractivity contribution >= 4 is 28.3 Å². The summed E-state index contributed by atoms with van der Waals surface area (Å²) in [6.45, 7) is 3.98. The second-order valence-corrected chi connectivity index (χ2v) is 5.07. The van der Waals surface area contributed by atoms with E-state index >= 15 is 0 Å². The molecule has 1 saturated heterocycles. The Kier molecular flexibility index (Phi) is 3.58. The molecule has 2 heterocycles. The van der Waals surface area contributed by atoms with E-state index in [4.69, 9.17) is 16.6 Å². The monoisotopic (exact) mass is 243 g/mol. The Morgan fingerprint density at radius 1 is 1.47 bits per heavy atom. The molecule has 0 spiro atoms. The zero-order chi connectivity index (χ0) is 10.7. The van der Waals surface area contributed by atoms with Gasteiger partial charge < -0.3 is 9.32 Å². The molecule has 1 aromatic heterocycles. The Balaban J connectivity index is 1.80. The second kappa shape index (κ2) is 4.94. The van der Waals surface area contributed by atoms with Crippen LogP contribution in [0.5, 0.6) is 0 Å². The first-order valence-corrected chi connectivity index (χ1v) is 6.36. The molecular formula is C9H13N3OS2. The minimum absolute atomic E-state index is 0.609. The van der Waals surface area contributed by atoms with Crippen molar-refractivity contribution in [1.29, 1.82) is 0 Å². The lowest BCUT2D eigenvalue weighted by molar-refractivity contribution is 0.485. The van der Waals surface area contributed by atoms with Crippen LogP contribution in [0, 0.1) is 6.92 Å². The minimum atomic E-state index is 0.609. The molecule has 15 heavy (non-hydrogen) atoms. The third-order valence-electron chi connectivity index (χ3n) is 2.25. The second-order valence-electron chi connectivity index (χ2n) is 3.46. The number of hydrogen-bond donors (Lipinski definition) is 0. The normalized spacial score (nSPS) is 15.9. The first kappa shape index (κ1) is 10.9. The summed E-state index contributed by atoms with van der Waals surface area (Å²) in [7, 11) is 0. The lowest BCUT2D eigenvalue weighted by atomic mass is 10.4. The van der Waals surface area contributed by atoms with E-state index in [2.05, 4.69) is 15.1 Å². The predicted octanol–water partition coefficient (Wildman–Crippen LogP) is 1.99. The van der Waals surface area contributed by atoms with Crippen LogP contribution in [0.4, 0.5) is 0 Å². The van der Waals surface area contributed by atoms with Gasteiger partial charge in [-0.1, -0.05) is 24.0 Å². The van der Waals surface area contributed by atoms with E-state index in [1.54, 1.807) is 18.7 Å². The van der Waals surface area contributed by atoms with Gasteiger partial charge in [-0.15, -0.1) is 10.2 Å². The maximum atomic E-state index is 5.32. The molecule has 1 aromatic rings. The molecule has 0 saturated carbocycles. The van der Waals surface area contributed by atoms with Gasteiger partial charge in [0.1, 0.15) is 4.32 Å². The number of likely N-dealkylation sites (tertiary alicyclic amines) is 1. The largest absolute Gasteiger partial charge is 0.425 e. The minimum Gasteiger partial charge on any atom is -0.425 e. The highest BCUT2D eigenvalue weighted by Gasteiger charge is 2.15. The predicted molar refractivity (Wildman–Crippen MR) is 63.7 cm³/mol. The summed E-state index contributed by atoms with van der Waals surface area (Å²) >= 11 is 6.92. The van der Waals surface area contributed by atoms with E-state index in [-0.39, 0.29) is 0 Å². The number of rotatable bonds is 2. The molecule has 0 unspecified atom stereocenters. The van der Waals surface area contributed by atoms with Crippen molar-refractivity contribution in [2.75, 3.05) is 13.1 Å². The van der Waals surface area contributed by atoms with Crippen LogP contribution in [-0.2, 0) is 5.75 Å². The molecule has 1 aliphatic rings. The number of thiocarbonyl (C=S) groups is 1. The molecule has 0 atom stereocenters. The molecule has 1 aliphatic heterocycles. The average Bonchev–Trinajstić information content (AvgIpc) is 2.84. The Hall–Kier alpha value is -0.620. The summed E-state index contributed by atoms with van der Waals surface area (Å²) in [4.78, 5) is 2.24. The summed E-state index contributed by atoms with van der Waals surface area (Å²) < 4.78 is 6.22. The molecule has 0 aliphatic carbocycles. The fourth-order valence-corrected chi connectivity index (χ4v) is 2.60. The Morgan fingerprint density at radius 2 is 2.20 bits per heavy atom. The van der Waals surface area contributed by atoms with Gasteiger partial charge in [0.15, 0.2) is 0 Å². The van der Waals surface area contributed by atoms with Gasteiger partial charge in [-0.2, -0.15) is 0 Å². The quantitative estimate of drug-likeness (QED) is 0.740. The molecule has 6 heteroatoms. The third kappa shape index (κ3) is 2.92. The van der Waals surface area contributed by atoms with E-state index in [0.29, 0.717) is 17.5 Å². The number of hydrogen-bond acceptors (Lipinski definition) is 5. The molecule has 4 nitrogen and oxygen atoms in total. The highest BCUT2D eigenvalue weighted by atomic mass is 32.2. The van der Waals surface area contributed by atoms with Crippen molar-refractivity contribution in [3.05, 3.63) is 11.8 Å². The molecular weight excluding hydrogens is 230 g/mol. The van der Waals surface area contributed by atoms with Crippen LogP contribution >= 0.6 is 24.0 Å². The van der Waals surface area contributed by atoms with Crippen LogP contribution in [0.3, 0.4) is 0 Å². The standard InChI is InChI=1S/C9H13N3OS2/c1-7-10-11-8(13-7)6-15-9(14)12-4-2-3-5-12/h2-6H2,1H3. The van der Waals surface area contributed by atoms with Crippen LogP contribution in [0.15, 0.2) is 4.42 Å². The number of thioether (sulfide) groups is 1. The van der Waals surface area contributed by atoms with Crippen molar-refractivity contribution < 1.29 is 4.42 Å². The fourth-order valence-electron chi connectivity index (χ4n) is 1.51. The number of aryl methyl sites for hydroxylation is 1. The zero-order valence-corrected chi connectivity index (χ0v) is 10.2. The van der Waals surface area contributed by atoms with E-state index in [1.165, 1.54) is 12.8 Å². The van der Waals surface area contributed by atoms with Gasteiger partial charge in [-0.3, -0.25) is 0 Å². The highest BCUT2D eigenvalue weighted by Crippen LogP contribution is 2.19. The summed E-state index contributed by atoms with van der Waals surface area (Å²) in [5.74, 6) is 1.94. The topological polar surface area (TPSA) is 42.2 Å². The van der Waals surface area contributed by atoms with Gasteiger partial charge >= 0.3 is 0 Å². The van der Waals surface area contributed by atoms with Crippen molar-refractivity contribution in [1.82, 2.24) is 15.1 Å². The molecule has 82 valence electrons. The summed E-state index contributed by atoms with van der Waals surface area (Å²) in [6, 6.07) is 0. The van der Waals surface area contributed by atoms with Crippen LogP contribution in [0.1, 0.15) is 24.6 Å². The smallest absolute Gasteiger partial charge is 0.226 e. The van der Waals surface area contributed by atoms with Gasteiger partial charge in [0, 0.05) is 20.0 Å². The van der Waals surface area contributed by atoms with Crippen molar-refractivity contribution in [2.24, 2.45) is 0 Å². The fraction of sp³-hybridized carbons (Fsp3) is 0.667. The number of aromatic nitrogens is 2. The Labute approximate surface area is 98.4 Å².